The normalized spacial score (nSPS) is 12.0. The zero-order chi connectivity index (χ0) is 26.3. The zero-order valence-electron chi connectivity index (χ0n) is 20.5. The van der Waals surface area contributed by atoms with Crippen LogP contribution in [0.2, 0.25) is 0 Å². The van der Waals surface area contributed by atoms with Crippen LogP contribution in [0.15, 0.2) is 78.9 Å². The predicted octanol–water partition coefficient (Wildman–Crippen LogP) is 3.29. The Kier molecular flexibility index (Phi) is 8.82. The van der Waals surface area contributed by atoms with Crippen LogP contribution in [0.25, 0.3) is 0 Å². The molecule has 0 bridgehead atoms. The quantitative estimate of drug-likeness (QED) is 0.453. The third kappa shape index (κ3) is 6.91. The minimum atomic E-state index is -3.94. The Hall–Kier alpha value is -3.72. The van der Waals surface area contributed by atoms with Crippen molar-refractivity contribution >= 4 is 27.5 Å². The standard InChI is InChI=1S/C27H30FN3O4S/c1-20-10-7-8-13-22(20)18-30(25(27(33)29-2)16-21-11-5-4-6-12-21)26(32)19-31(36(3,34)35)24-15-9-14-23(28)17-24/h4-15,17,25H,16,18-19H2,1-3H3,(H,29,33)/t25-/m0/s1. The van der Waals surface area contributed by atoms with E-state index in [0.717, 1.165) is 33.3 Å². The van der Waals surface area contributed by atoms with E-state index >= 15 is 0 Å². The van der Waals surface area contributed by atoms with Crippen LogP contribution in [0.1, 0.15) is 16.7 Å². The predicted molar refractivity (Wildman–Crippen MR) is 138 cm³/mol. The monoisotopic (exact) mass is 511 g/mol. The number of carbonyl (C=O) groups is 2. The summed E-state index contributed by atoms with van der Waals surface area (Å²) in [5, 5.41) is 2.63. The fourth-order valence-corrected chi connectivity index (χ4v) is 4.78. The van der Waals surface area contributed by atoms with Gasteiger partial charge >= 0.3 is 0 Å². The number of likely N-dealkylation sites (N-methyl/N-ethyl adjacent to an activating group) is 1. The molecule has 3 aromatic carbocycles. The van der Waals surface area contributed by atoms with Gasteiger partial charge in [-0.25, -0.2) is 12.8 Å². The molecule has 0 aromatic heterocycles. The highest BCUT2D eigenvalue weighted by Gasteiger charge is 2.32. The number of nitrogens with zero attached hydrogens (tertiary/aromatic N) is 2. The maximum absolute atomic E-state index is 13.9. The lowest BCUT2D eigenvalue weighted by atomic mass is 10.0. The molecule has 0 heterocycles. The molecule has 9 heteroatoms. The highest BCUT2D eigenvalue weighted by Crippen LogP contribution is 2.21. The van der Waals surface area contributed by atoms with Gasteiger partial charge in [0.25, 0.3) is 0 Å². The summed E-state index contributed by atoms with van der Waals surface area (Å²) in [5.74, 6) is -1.59. The molecule has 3 rings (SSSR count). The van der Waals surface area contributed by atoms with Gasteiger partial charge in [0.2, 0.25) is 21.8 Å². The Morgan fingerprint density at radius 1 is 0.972 bits per heavy atom. The van der Waals surface area contributed by atoms with Crippen LogP contribution in [0.5, 0.6) is 0 Å². The molecule has 190 valence electrons. The van der Waals surface area contributed by atoms with Gasteiger partial charge in [0, 0.05) is 20.0 Å². The second kappa shape index (κ2) is 11.8. The average molecular weight is 512 g/mol. The molecule has 0 saturated heterocycles. The van der Waals surface area contributed by atoms with Crippen LogP contribution in [0.3, 0.4) is 0 Å². The number of amides is 2. The second-order valence-electron chi connectivity index (χ2n) is 8.52. The summed E-state index contributed by atoms with van der Waals surface area (Å²) in [6.07, 6.45) is 1.19. The molecule has 0 spiro atoms. The van der Waals surface area contributed by atoms with Gasteiger partial charge < -0.3 is 10.2 Å². The maximum Gasteiger partial charge on any atom is 0.244 e. The number of sulfonamides is 1. The molecule has 0 aliphatic carbocycles. The van der Waals surface area contributed by atoms with Crippen LogP contribution in [0.4, 0.5) is 10.1 Å². The fourth-order valence-electron chi connectivity index (χ4n) is 3.94. The lowest BCUT2D eigenvalue weighted by molar-refractivity contribution is -0.139. The molecule has 0 radical (unpaired) electrons. The molecule has 7 nitrogen and oxygen atoms in total. The van der Waals surface area contributed by atoms with Crippen molar-refractivity contribution in [1.82, 2.24) is 10.2 Å². The van der Waals surface area contributed by atoms with Gasteiger partial charge in [0.15, 0.2) is 0 Å². The van der Waals surface area contributed by atoms with Gasteiger partial charge in [0.1, 0.15) is 18.4 Å². The van der Waals surface area contributed by atoms with E-state index in [4.69, 9.17) is 0 Å². The van der Waals surface area contributed by atoms with Crippen LogP contribution in [-0.4, -0.2) is 51.0 Å². The number of benzene rings is 3. The zero-order valence-corrected chi connectivity index (χ0v) is 21.3. The van der Waals surface area contributed by atoms with Crippen molar-refractivity contribution in [3.63, 3.8) is 0 Å². The Balaban J connectivity index is 2.04. The molecule has 1 atom stereocenters. The third-order valence-corrected chi connectivity index (χ3v) is 7.04. The van der Waals surface area contributed by atoms with Gasteiger partial charge in [-0.1, -0.05) is 60.7 Å². The Morgan fingerprint density at radius 3 is 2.25 bits per heavy atom. The maximum atomic E-state index is 13.9. The van der Waals surface area contributed by atoms with E-state index < -0.39 is 34.3 Å². The molecule has 1 N–H and O–H groups in total. The minimum absolute atomic E-state index is 0.0289. The molecule has 0 fully saturated rings. The molecular weight excluding hydrogens is 481 g/mol. The van der Waals surface area contributed by atoms with Crippen molar-refractivity contribution in [1.29, 1.82) is 0 Å². The van der Waals surface area contributed by atoms with E-state index in [1.807, 2.05) is 61.5 Å². The van der Waals surface area contributed by atoms with E-state index in [9.17, 15) is 22.4 Å². The molecule has 0 aliphatic heterocycles. The van der Waals surface area contributed by atoms with Crippen LogP contribution in [-0.2, 0) is 32.6 Å². The molecule has 3 aromatic rings. The minimum Gasteiger partial charge on any atom is -0.357 e. The van der Waals surface area contributed by atoms with Gasteiger partial charge in [-0.2, -0.15) is 0 Å². The molecule has 0 aliphatic rings. The Morgan fingerprint density at radius 2 is 1.64 bits per heavy atom. The summed E-state index contributed by atoms with van der Waals surface area (Å²) in [6.45, 7) is 1.41. The van der Waals surface area contributed by atoms with Gasteiger partial charge in [-0.05, 0) is 41.8 Å². The van der Waals surface area contributed by atoms with Crippen molar-refractivity contribution in [2.45, 2.75) is 25.9 Å². The van der Waals surface area contributed by atoms with Crippen LogP contribution in [0, 0.1) is 12.7 Å². The topological polar surface area (TPSA) is 86.8 Å². The first-order valence-electron chi connectivity index (χ1n) is 11.4. The van der Waals surface area contributed by atoms with E-state index in [0.29, 0.717) is 0 Å². The number of anilines is 1. The Bertz CT molecular complexity index is 1320. The second-order valence-corrected chi connectivity index (χ2v) is 10.4. The smallest absolute Gasteiger partial charge is 0.244 e. The van der Waals surface area contributed by atoms with E-state index in [2.05, 4.69) is 5.32 Å². The summed E-state index contributed by atoms with van der Waals surface area (Å²) < 4.78 is 40.0. The lowest BCUT2D eigenvalue weighted by Gasteiger charge is -2.33. The SMILES string of the molecule is CNC(=O)[C@H](Cc1ccccc1)N(Cc1ccccc1C)C(=O)CN(c1cccc(F)c1)S(C)(=O)=O. The van der Waals surface area contributed by atoms with Gasteiger partial charge in [0.05, 0.1) is 11.9 Å². The summed E-state index contributed by atoms with van der Waals surface area (Å²) in [7, 11) is -2.44. The van der Waals surface area contributed by atoms with E-state index in [-0.39, 0.29) is 24.6 Å². The van der Waals surface area contributed by atoms with Crippen LogP contribution >= 0.6 is 0 Å². The lowest BCUT2D eigenvalue weighted by Crippen LogP contribution is -2.53. The molecule has 2 amide bonds. The first kappa shape index (κ1) is 26.9. The first-order valence-corrected chi connectivity index (χ1v) is 13.3. The van der Waals surface area contributed by atoms with Gasteiger partial charge in [-0.15, -0.1) is 0 Å². The highest BCUT2D eigenvalue weighted by atomic mass is 32.2. The largest absolute Gasteiger partial charge is 0.357 e. The number of aryl methyl sites for hydroxylation is 1. The van der Waals surface area contributed by atoms with E-state index in [1.165, 1.54) is 30.1 Å². The van der Waals surface area contributed by atoms with Gasteiger partial charge in [-0.3, -0.25) is 13.9 Å². The number of hydrogen-bond acceptors (Lipinski definition) is 4. The summed E-state index contributed by atoms with van der Waals surface area (Å²) in [5.41, 5.74) is 2.63. The number of hydrogen-bond donors (Lipinski definition) is 1. The van der Waals surface area contributed by atoms with Crippen molar-refractivity contribution < 1.29 is 22.4 Å². The van der Waals surface area contributed by atoms with Crippen LogP contribution < -0.4 is 9.62 Å². The number of rotatable bonds is 10. The molecular formula is C27H30FN3O4S. The summed E-state index contributed by atoms with van der Waals surface area (Å²) in [6, 6.07) is 20.9. The Labute approximate surface area is 211 Å². The van der Waals surface area contributed by atoms with Crippen molar-refractivity contribution in [2.24, 2.45) is 0 Å². The fraction of sp³-hybridized carbons (Fsp3) is 0.259. The van der Waals surface area contributed by atoms with Crippen molar-refractivity contribution in [2.75, 3.05) is 24.2 Å². The summed E-state index contributed by atoms with van der Waals surface area (Å²) in [4.78, 5) is 28.2. The van der Waals surface area contributed by atoms with Crippen molar-refractivity contribution in [3.8, 4) is 0 Å². The molecule has 0 unspecified atom stereocenters. The average Bonchev–Trinajstić information content (AvgIpc) is 2.85. The molecule has 0 saturated carbocycles. The number of carbonyl (C=O) groups excluding carboxylic acids is 2. The van der Waals surface area contributed by atoms with E-state index in [1.54, 1.807) is 0 Å². The molecule has 36 heavy (non-hydrogen) atoms. The first-order chi connectivity index (χ1) is 17.1. The number of halogens is 1. The highest BCUT2D eigenvalue weighted by molar-refractivity contribution is 7.92. The summed E-state index contributed by atoms with van der Waals surface area (Å²) >= 11 is 0. The van der Waals surface area contributed by atoms with Crippen molar-refractivity contribution in [3.05, 3.63) is 101 Å². The third-order valence-electron chi connectivity index (χ3n) is 5.89. The number of nitrogens with one attached hydrogen (secondary N) is 1.